The second-order valence-electron chi connectivity index (χ2n) is 5.35. The summed E-state index contributed by atoms with van der Waals surface area (Å²) in [5.74, 6) is 0. The molecule has 106 valence electrons. The number of hydrogen-bond acceptors (Lipinski definition) is 1. The van der Waals surface area contributed by atoms with Crippen molar-refractivity contribution in [1.82, 2.24) is 4.57 Å². The number of aromatic nitrogens is 1. The number of aryl methyl sites for hydroxylation is 2. The highest BCUT2D eigenvalue weighted by Gasteiger charge is 2.09. The lowest BCUT2D eigenvalue weighted by molar-refractivity contribution is 0.790. The Balaban J connectivity index is 2.22. The van der Waals surface area contributed by atoms with Crippen LogP contribution in [0.4, 0.5) is 0 Å². The topological polar surface area (TPSA) is 22.0 Å². The van der Waals surface area contributed by atoms with E-state index in [0.29, 0.717) is 6.54 Å². The van der Waals surface area contributed by atoms with Crippen LogP contribution in [0.15, 0.2) is 57.8 Å². The van der Waals surface area contributed by atoms with Gasteiger partial charge in [0.2, 0.25) is 0 Å². The van der Waals surface area contributed by atoms with Crippen molar-refractivity contribution in [3.8, 4) is 0 Å². The third kappa shape index (κ3) is 2.66. The van der Waals surface area contributed by atoms with E-state index in [1.807, 2.05) is 41.8 Å². The van der Waals surface area contributed by atoms with Crippen molar-refractivity contribution in [2.75, 3.05) is 0 Å². The van der Waals surface area contributed by atoms with E-state index in [2.05, 4.69) is 35.0 Å². The second kappa shape index (κ2) is 5.49. The van der Waals surface area contributed by atoms with Gasteiger partial charge in [0, 0.05) is 15.9 Å². The van der Waals surface area contributed by atoms with Gasteiger partial charge in [0.1, 0.15) is 0 Å². The van der Waals surface area contributed by atoms with Gasteiger partial charge in [0.25, 0.3) is 5.56 Å². The molecule has 1 heterocycles. The molecule has 0 spiro atoms. The summed E-state index contributed by atoms with van der Waals surface area (Å²) in [6.45, 7) is 4.64. The molecule has 2 nitrogen and oxygen atoms in total. The molecule has 0 unspecified atom stereocenters. The monoisotopic (exact) mass is 341 g/mol. The minimum Gasteiger partial charge on any atom is -0.304 e. The van der Waals surface area contributed by atoms with Gasteiger partial charge >= 0.3 is 0 Å². The molecule has 0 aliphatic heterocycles. The summed E-state index contributed by atoms with van der Waals surface area (Å²) in [5, 5.41) is 1.15. The first-order valence-corrected chi connectivity index (χ1v) is 7.70. The van der Waals surface area contributed by atoms with Crippen LogP contribution in [0, 0.1) is 13.8 Å². The average molecular weight is 342 g/mol. The Morgan fingerprint density at radius 2 is 1.71 bits per heavy atom. The molecule has 0 saturated heterocycles. The number of para-hydroxylation sites is 1. The van der Waals surface area contributed by atoms with Crippen LogP contribution in [-0.2, 0) is 6.54 Å². The zero-order valence-corrected chi connectivity index (χ0v) is 13.6. The summed E-state index contributed by atoms with van der Waals surface area (Å²) < 4.78 is 2.91. The molecule has 0 bridgehead atoms. The van der Waals surface area contributed by atoms with E-state index in [4.69, 9.17) is 0 Å². The Morgan fingerprint density at radius 1 is 1.00 bits per heavy atom. The van der Waals surface area contributed by atoms with E-state index in [9.17, 15) is 4.79 Å². The van der Waals surface area contributed by atoms with Crippen molar-refractivity contribution in [2.24, 2.45) is 0 Å². The van der Waals surface area contributed by atoms with Gasteiger partial charge in [-0.2, -0.15) is 0 Å². The maximum absolute atomic E-state index is 12.4. The fourth-order valence-electron chi connectivity index (χ4n) is 2.72. The van der Waals surface area contributed by atoms with Crippen LogP contribution in [-0.4, -0.2) is 4.57 Å². The lowest BCUT2D eigenvalue weighted by atomic mass is 10.1. The van der Waals surface area contributed by atoms with Crippen molar-refractivity contribution in [1.29, 1.82) is 0 Å². The molecule has 3 aromatic rings. The molecule has 0 radical (unpaired) electrons. The summed E-state index contributed by atoms with van der Waals surface area (Å²) in [6, 6.07) is 16.0. The van der Waals surface area contributed by atoms with Gasteiger partial charge in [-0.3, -0.25) is 4.79 Å². The zero-order valence-electron chi connectivity index (χ0n) is 12.1. The maximum Gasteiger partial charge on any atom is 0.251 e. The summed E-state index contributed by atoms with van der Waals surface area (Å²) in [6.07, 6.45) is 0. The van der Waals surface area contributed by atoms with Crippen molar-refractivity contribution < 1.29 is 0 Å². The third-order valence-corrected chi connectivity index (χ3v) is 4.32. The predicted octanol–water partition coefficient (Wildman–Crippen LogP) is 4.43. The first-order valence-electron chi connectivity index (χ1n) is 6.90. The molecule has 0 saturated carbocycles. The van der Waals surface area contributed by atoms with Gasteiger partial charge < -0.3 is 4.57 Å². The number of pyridine rings is 1. The first kappa shape index (κ1) is 14.1. The van der Waals surface area contributed by atoms with Gasteiger partial charge in [-0.1, -0.05) is 46.3 Å². The Labute approximate surface area is 132 Å². The van der Waals surface area contributed by atoms with Gasteiger partial charge in [-0.15, -0.1) is 0 Å². The number of fused-ring (bicyclic) bond motifs is 1. The van der Waals surface area contributed by atoms with Gasteiger partial charge in [-0.25, -0.2) is 0 Å². The second-order valence-corrected chi connectivity index (χ2v) is 6.26. The van der Waals surface area contributed by atoms with Gasteiger partial charge in [-0.05, 0) is 42.7 Å². The highest BCUT2D eigenvalue weighted by atomic mass is 79.9. The number of benzene rings is 2. The highest BCUT2D eigenvalue weighted by Crippen LogP contribution is 2.21. The number of rotatable bonds is 2. The Morgan fingerprint density at radius 3 is 2.43 bits per heavy atom. The molecule has 0 aliphatic carbocycles. The largest absolute Gasteiger partial charge is 0.304 e. The molecular weight excluding hydrogens is 326 g/mol. The Bertz CT molecular complexity index is 863. The normalized spacial score (nSPS) is 11.0. The summed E-state index contributed by atoms with van der Waals surface area (Å²) in [5.41, 5.74) is 4.37. The van der Waals surface area contributed by atoms with Crippen molar-refractivity contribution >= 4 is 26.8 Å². The molecule has 0 amide bonds. The lowest BCUT2D eigenvalue weighted by Crippen LogP contribution is -2.21. The number of nitrogens with zero attached hydrogens (tertiary/aromatic N) is 1. The fraction of sp³-hybridized carbons (Fsp3) is 0.167. The van der Waals surface area contributed by atoms with Crippen LogP contribution >= 0.6 is 15.9 Å². The van der Waals surface area contributed by atoms with Crippen LogP contribution < -0.4 is 5.56 Å². The highest BCUT2D eigenvalue weighted by molar-refractivity contribution is 9.10. The Hall–Kier alpha value is -1.87. The molecule has 2 aromatic carbocycles. The Kier molecular flexibility index (Phi) is 3.68. The van der Waals surface area contributed by atoms with Crippen molar-refractivity contribution in [3.63, 3.8) is 0 Å². The van der Waals surface area contributed by atoms with Gasteiger partial charge in [0.15, 0.2) is 0 Å². The van der Waals surface area contributed by atoms with Gasteiger partial charge in [0.05, 0.1) is 12.1 Å². The maximum atomic E-state index is 12.4. The van der Waals surface area contributed by atoms with Crippen LogP contribution in [0.3, 0.4) is 0 Å². The first-order chi connectivity index (χ1) is 10.1. The summed E-state index contributed by atoms with van der Waals surface area (Å²) in [4.78, 5) is 12.4. The van der Waals surface area contributed by atoms with E-state index in [-0.39, 0.29) is 5.56 Å². The molecule has 21 heavy (non-hydrogen) atoms. The minimum atomic E-state index is 0.0530. The quantitative estimate of drug-likeness (QED) is 0.675. The van der Waals surface area contributed by atoms with Crippen LogP contribution in [0.5, 0.6) is 0 Å². The predicted molar refractivity (Wildman–Crippen MR) is 90.9 cm³/mol. The zero-order chi connectivity index (χ0) is 15.0. The van der Waals surface area contributed by atoms with E-state index < -0.39 is 0 Å². The van der Waals surface area contributed by atoms with E-state index >= 15 is 0 Å². The van der Waals surface area contributed by atoms with Crippen molar-refractivity contribution in [2.45, 2.75) is 20.4 Å². The minimum absolute atomic E-state index is 0.0530. The molecule has 3 heteroatoms. The van der Waals surface area contributed by atoms with Crippen molar-refractivity contribution in [3.05, 3.63) is 80.0 Å². The van der Waals surface area contributed by atoms with Crippen LogP contribution in [0.25, 0.3) is 10.9 Å². The fourth-order valence-corrected chi connectivity index (χ4v) is 2.98. The molecule has 0 aliphatic rings. The molecule has 1 aromatic heterocycles. The number of halogens is 1. The molecular formula is C18H16BrNO. The number of hydrogen-bond donors (Lipinski definition) is 0. The SMILES string of the molecule is Cc1cc(=O)n(Cc2ccc(Br)cc2)c2c(C)cccc12. The molecule has 0 N–H and O–H groups in total. The molecule has 3 rings (SSSR count). The van der Waals surface area contributed by atoms with Crippen LogP contribution in [0.2, 0.25) is 0 Å². The molecule has 0 fully saturated rings. The van der Waals surface area contributed by atoms with E-state index in [1.165, 1.54) is 0 Å². The van der Waals surface area contributed by atoms with E-state index in [1.54, 1.807) is 6.07 Å². The lowest BCUT2D eigenvalue weighted by Gasteiger charge is -2.14. The smallest absolute Gasteiger partial charge is 0.251 e. The third-order valence-electron chi connectivity index (χ3n) is 3.79. The van der Waals surface area contributed by atoms with E-state index in [0.717, 1.165) is 32.1 Å². The molecule has 0 atom stereocenters. The summed E-state index contributed by atoms with van der Waals surface area (Å²) in [7, 11) is 0. The average Bonchev–Trinajstić information content (AvgIpc) is 2.46. The standard InChI is InChI=1S/C18H16BrNO/c1-12-4-3-5-16-13(2)10-17(21)20(18(12)16)11-14-6-8-15(19)9-7-14/h3-10H,11H2,1-2H3. The summed E-state index contributed by atoms with van der Waals surface area (Å²) >= 11 is 3.44. The van der Waals surface area contributed by atoms with Crippen LogP contribution in [0.1, 0.15) is 16.7 Å².